The maximum Gasteiger partial charge on any atom is 0.315 e. The van der Waals surface area contributed by atoms with E-state index < -0.39 is 27.9 Å². The van der Waals surface area contributed by atoms with E-state index in [1.807, 2.05) is 0 Å². The highest BCUT2D eigenvalue weighted by molar-refractivity contribution is 7.90. The van der Waals surface area contributed by atoms with Crippen molar-refractivity contribution in [3.63, 3.8) is 0 Å². The van der Waals surface area contributed by atoms with Crippen molar-refractivity contribution in [3.05, 3.63) is 0 Å². The predicted octanol–water partition coefficient (Wildman–Crippen LogP) is -0.0264. The van der Waals surface area contributed by atoms with Crippen molar-refractivity contribution in [1.82, 2.24) is 10.6 Å². The molecule has 0 fully saturated rings. The molecule has 0 aromatic rings. The lowest BCUT2D eigenvalue weighted by molar-refractivity contribution is -0.137. The van der Waals surface area contributed by atoms with Gasteiger partial charge in [-0.3, -0.25) is 4.79 Å². The minimum Gasteiger partial charge on any atom is -0.481 e. The molecule has 1 unspecified atom stereocenters. The number of hydrogen-bond donors (Lipinski definition) is 3. The summed E-state index contributed by atoms with van der Waals surface area (Å²) >= 11 is 0. The summed E-state index contributed by atoms with van der Waals surface area (Å²) in [5, 5.41) is 13.4. The Morgan fingerprint density at radius 2 is 1.89 bits per heavy atom. The summed E-state index contributed by atoms with van der Waals surface area (Å²) in [6, 6.07) is -0.902. The molecule has 0 aliphatic heterocycles. The van der Waals surface area contributed by atoms with Gasteiger partial charge in [0.2, 0.25) is 0 Å². The number of sulfone groups is 1. The van der Waals surface area contributed by atoms with Crippen LogP contribution in [0.15, 0.2) is 0 Å². The van der Waals surface area contributed by atoms with Crippen LogP contribution in [0.4, 0.5) is 4.79 Å². The number of urea groups is 1. The van der Waals surface area contributed by atoms with Gasteiger partial charge in [-0.1, -0.05) is 0 Å². The van der Waals surface area contributed by atoms with Crippen LogP contribution < -0.4 is 10.6 Å². The van der Waals surface area contributed by atoms with Gasteiger partial charge in [-0.05, 0) is 19.8 Å². The van der Waals surface area contributed by atoms with Crippen molar-refractivity contribution in [1.29, 1.82) is 0 Å². The largest absolute Gasteiger partial charge is 0.481 e. The quantitative estimate of drug-likeness (QED) is 0.541. The highest BCUT2D eigenvalue weighted by Gasteiger charge is 2.12. The highest BCUT2D eigenvalue weighted by Crippen LogP contribution is 1.94. The molecule has 0 aliphatic rings. The first-order chi connectivity index (χ1) is 8.20. The van der Waals surface area contributed by atoms with E-state index in [9.17, 15) is 18.0 Å². The van der Waals surface area contributed by atoms with Crippen LogP contribution >= 0.6 is 0 Å². The van der Waals surface area contributed by atoms with Gasteiger partial charge in [-0.15, -0.1) is 0 Å². The molecule has 0 rings (SSSR count). The monoisotopic (exact) mass is 280 g/mol. The van der Waals surface area contributed by atoms with Crippen LogP contribution in [0.1, 0.15) is 26.2 Å². The van der Waals surface area contributed by atoms with Gasteiger partial charge >= 0.3 is 12.0 Å². The Bertz CT molecular complexity index is 380. The molecule has 0 aromatic heterocycles. The highest BCUT2D eigenvalue weighted by atomic mass is 32.2. The summed E-state index contributed by atoms with van der Waals surface area (Å²) in [7, 11) is -3.12. The Balaban J connectivity index is 3.68. The van der Waals surface area contributed by atoms with Crippen molar-refractivity contribution in [2.24, 2.45) is 0 Å². The van der Waals surface area contributed by atoms with Gasteiger partial charge in [0.15, 0.2) is 0 Å². The fraction of sp³-hybridized carbons (Fsp3) is 0.800. The van der Waals surface area contributed by atoms with Gasteiger partial charge < -0.3 is 15.7 Å². The van der Waals surface area contributed by atoms with E-state index in [-0.39, 0.29) is 12.2 Å². The van der Waals surface area contributed by atoms with Crippen LogP contribution in [0.2, 0.25) is 0 Å². The number of unbranched alkanes of at least 4 members (excludes halogenated alkanes) is 1. The zero-order valence-electron chi connectivity index (χ0n) is 10.6. The summed E-state index contributed by atoms with van der Waals surface area (Å²) in [6.07, 6.45) is 2.25. The van der Waals surface area contributed by atoms with E-state index in [0.717, 1.165) is 6.26 Å². The molecule has 3 N–H and O–H groups in total. The number of aliphatic carboxylic acids is 1. The molecule has 7 nitrogen and oxygen atoms in total. The summed E-state index contributed by atoms with van der Waals surface area (Å²) in [6.45, 7) is 1.97. The number of carbonyl (C=O) groups is 2. The van der Waals surface area contributed by atoms with Crippen molar-refractivity contribution in [2.45, 2.75) is 32.2 Å². The van der Waals surface area contributed by atoms with Gasteiger partial charge in [0.25, 0.3) is 0 Å². The van der Waals surface area contributed by atoms with E-state index in [4.69, 9.17) is 5.11 Å². The minimum absolute atomic E-state index is 0.0772. The van der Waals surface area contributed by atoms with Gasteiger partial charge in [0, 0.05) is 25.3 Å². The molecule has 0 saturated heterocycles. The van der Waals surface area contributed by atoms with Crippen LogP contribution in [0, 0.1) is 0 Å². The lowest BCUT2D eigenvalue weighted by Gasteiger charge is -2.13. The molecule has 0 bridgehead atoms. The van der Waals surface area contributed by atoms with E-state index in [2.05, 4.69) is 10.6 Å². The zero-order valence-corrected chi connectivity index (χ0v) is 11.4. The molecule has 0 saturated carbocycles. The molecule has 2 amide bonds. The zero-order chi connectivity index (χ0) is 14.2. The summed E-state index contributed by atoms with van der Waals surface area (Å²) < 4.78 is 21.9. The predicted molar refractivity (Wildman–Crippen MR) is 67.2 cm³/mol. The second-order valence-corrected chi connectivity index (χ2v) is 6.43. The molecule has 0 radical (unpaired) electrons. The van der Waals surface area contributed by atoms with E-state index in [1.165, 1.54) is 0 Å². The molecule has 18 heavy (non-hydrogen) atoms. The maximum atomic E-state index is 11.3. The van der Waals surface area contributed by atoms with E-state index >= 15 is 0 Å². The molecular formula is C10H20N2O5S. The van der Waals surface area contributed by atoms with Crippen LogP contribution in [0.5, 0.6) is 0 Å². The minimum atomic E-state index is -3.12. The van der Waals surface area contributed by atoms with Crippen molar-refractivity contribution in [2.75, 3.05) is 18.6 Å². The molecule has 8 heteroatoms. The average Bonchev–Trinajstić information content (AvgIpc) is 2.12. The molecule has 0 aliphatic carbocycles. The smallest absolute Gasteiger partial charge is 0.315 e. The number of nitrogens with one attached hydrogen (secondary N) is 2. The van der Waals surface area contributed by atoms with Gasteiger partial charge in [-0.2, -0.15) is 0 Å². The number of amides is 2. The third-order valence-corrected chi connectivity index (χ3v) is 3.14. The Hall–Kier alpha value is -1.31. The maximum absolute atomic E-state index is 11.3. The molecular weight excluding hydrogens is 260 g/mol. The number of hydrogen-bond acceptors (Lipinski definition) is 4. The van der Waals surface area contributed by atoms with Crippen molar-refractivity contribution < 1.29 is 23.1 Å². The molecule has 106 valence electrons. The Labute approximate surface area is 107 Å². The third-order valence-electron chi connectivity index (χ3n) is 2.03. The second-order valence-electron chi connectivity index (χ2n) is 4.24. The summed E-state index contributed by atoms with van der Waals surface area (Å²) in [4.78, 5) is 21.5. The average molecular weight is 280 g/mol. The molecule has 0 heterocycles. The number of rotatable bonds is 8. The molecule has 0 aromatic carbocycles. The number of carboxylic acids is 1. The standard InChI is InChI=1S/C10H20N2O5S/c1-8(7-18(2,16)17)12-10(15)11-6-4-3-5-9(13)14/h8H,3-7H2,1-2H3,(H,13,14)(H2,11,12,15). The van der Waals surface area contributed by atoms with Crippen LogP contribution in [-0.4, -0.2) is 50.1 Å². The Morgan fingerprint density at radius 3 is 2.39 bits per heavy atom. The second kappa shape index (κ2) is 7.91. The van der Waals surface area contributed by atoms with Crippen molar-refractivity contribution in [3.8, 4) is 0 Å². The van der Waals surface area contributed by atoms with Crippen LogP contribution in [-0.2, 0) is 14.6 Å². The summed E-state index contributed by atoms with van der Waals surface area (Å²) in [5.74, 6) is -0.972. The Morgan fingerprint density at radius 1 is 1.28 bits per heavy atom. The van der Waals surface area contributed by atoms with Gasteiger partial charge in [-0.25, -0.2) is 13.2 Å². The van der Waals surface area contributed by atoms with Crippen molar-refractivity contribution >= 4 is 21.8 Å². The Kier molecular flexibility index (Phi) is 7.33. The van der Waals surface area contributed by atoms with E-state index in [0.29, 0.717) is 19.4 Å². The van der Waals surface area contributed by atoms with Gasteiger partial charge in [0.05, 0.1) is 5.75 Å². The lowest BCUT2D eigenvalue weighted by Crippen LogP contribution is -2.43. The molecule has 0 spiro atoms. The van der Waals surface area contributed by atoms with Crippen LogP contribution in [0.25, 0.3) is 0 Å². The number of carbonyl (C=O) groups excluding carboxylic acids is 1. The SMILES string of the molecule is CC(CS(C)(=O)=O)NC(=O)NCCCCC(=O)O. The van der Waals surface area contributed by atoms with E-state index in [1.54, 1.807) is 6.92 Å². The number of carboxylic acid groups (broad SMARTS) is 1. The van der Waals surface area contributed by atoms with Gasteiger partial charge in [0.1, 0.15) is 9.84 Å². The first-order valence-electron chi connectivity index (χ1n) is 5.64. The summed E-state index contributed by atoms with van der Waals surface area (Å²) in [5.41, 5.74) is 0. The molecule has 1 atom stereocenters. The fourth-order valence-corrected chi connectivity index (χ4v) is 2.37. The topological polar surface area (TPSA) is 113 Å². The first kappa shape index (κ1) is 16.7. The first-order valence-corrected chi connectivity index (χ1v) is 7.70. The third kappa shape index (κ3) is 11.2. The van der Waals surface area contributed by atoms with Crippen LogP contribution in [0.3, 0.4) is 0 Å². The lowest BCUT2D eigenvalue weighted by atomic mass is 10.2. The normalized spacial score (nSPS) is 12.8. The fourth-order valence-electron chi connectivity index (χ4n) is 1.37.